The van der Waals surface area contributed by atoms with E-state index in [9.17, 15) is 4.79 Å². The van der Waals surface area contributed by atoms with Crippen molar-refractivity contribution in [1.82, 2.24) is 0 Å². The second-order valence-corrected chi connectivity index (χ2v) is 8.39. The van der Waals surface area contributed by atoms with Crippen molar-refractivity contribution in [2.75, 3.05) is 10.6 Å². The molecule has 0 spiro atoms. The molecule has 2 aromatic rings. The van der Waals surface area contributed by atoms with Gasteiger partial charge in [-0.2, -0.15) is 0 Å². The van der Waals surface area contributed by atoms with Gasteiger partial charge in [0.25, 0.3) is 0 Å². The van der Waals surface area contributed by atoms with Gasteiger partial charge in [0, 0.05) is 33.9 Å². The van der Waals surface area contributed by atoms with Gasteiger partial charge in [0.2, 0.25) is 5.91 Å². The fourth-order valence-electron chi connectivity index (χ4n) is 2.27. The number of carbonyl (C=O) groups excluding carboxylic acids is 1. The number of halogens is 2. The van der Waals surface area contributed by atoms with E-state index < -0.39 is 0 Å². The lowest BCUT2D eigenvalue weighted by Gasteiger charge is -2.17. The molecule has 2 N–H and O–H groups in total. The van der Waals surface area contributed by atoms with E-state index in [1.807, 2.05) is 64.1 Å². The molecule has 1 amide bonds. The van der Waals surface area contributed by atoms with Crippen LogP contribution in [0, 0.1) is 5.92 Å². The van der Waals surface area contributed by atoms with E-state index in [1.54, 1.807) is 0 Å². The highest BCUT2D eigenvalue weighted by molar-refractivity contribution is 9.11. The number of hydrogen-bond acceptors (Lipinski definition) is 3. The van der Waals surface area contributed by atoms with Crippen LogP contribution in [0.15, 0.2) is 45.3 Å². The second kappa shape index (κ2) is 9.42. The Balaban J connectivity index is 2.08. The monoisotopic (exact) mass is 482 g/mol. The van der Waals surface area contributed by atoms with E-state index in [0.29, 0.717) is 6.54 Å². The largest absolute Gasteiger partial charge is 0.489 e. The van der Waals surface area contributed by atoms with Crippen LogP contribution >= 0.6 is 31.9 Å². The summed E-state index contributed by atoms with van der Waals surface area (Å²) in [7, 11) is 0. The van der Waals surface area contributed by atoms with Crippen molar-refractivity contribution in [3.8, 4) is 5.75 Å². The smallest absolute Gasteiger partial charge is 0.226 e. The van der Waals surface area contributed by atoms with Crippen molar-refractivity contribution in [2.45, 2.75) is 40.3 Å². The van der Waals surface area contributed by atoms with Gasteiger partial charge in [-0.25, -0.2) is 0 Å². The molecule has 0 atom stereocenters. The van der Waals surface area contributed by atoms with Crippen molar-refractivity contribution < 1.29 is 9.53 Å². The Labute approximate surface area is 172 Å². The summed E-state index contributed by atoms with van der Waals surface area (Å²) in [5, 5.41) is 6.29. The molecule has 0 unspecified atom stereocenters. The van der Waals surface area contributed by atoms with Crippen LogP contribution < -0.4 is 15.4 Å². The summed E-state index contributed by atoms with van der Waals surface area (Å²) in [6.07, 6.45) is 0.0927. The molecule has 140 valence electrons. The van der Waals surface area contributed by atoms with Crippen LogP contribution in [-0.2, 0) is 11.3 Å². The summed E-state index contributed by atoms with van der Waals surface area (Å²) in [4.78, 5) is 11.7. The lowest BCUT2D eigenvalue weighted by Crippen LogP contribution is -2.17. The highest BCUT2D eigenvalue weighted by atomic mass is 79.9. The van der Waals surface area contributed by atoms with Crippen LogP contribution in [0.1, 0.15) is 33.3 Å². The zero-order valence-electron chi connectivity index (χ0n) is 15.4. The van der Waals surface area contributed by atoms with E-state index in [0.717, 1.165) is 31.6 Å². The summed E-state index contributed by atoms with van der Waals surface area (Å²) < 4.78 is 7.86. The van der Waals surface area contributed by atoms with Crippen LogP contribution in [0.5, 0.6) is 5.75 Å². The average Bonchev–Trinajstić information content (AvgIpc) is 2.56. The molecule has 0 heterocycles. The lowest BCUT2D eigenvalue weighted by atomic mass is 10.2. The Morgan fingerprint density at radius 1 is 1.04 bits per heavy atom. The van der Waals surface area contributed by atoms with Crippen LogP contribution in [0.25, 0.3) is 0 Å². The van der Waals surface area contributed by atoms with E-state index in [-0.39, 0.29) is 17.9 Å². The predicted molar refractivity (Wildman–Crippen MR) is 115 cm³/mol. The maximum atomic E-state index is 11.7. The summed E-state index contributed by atoms with van der Waals surface area (Å²) in [5.74, 6) is 0.818. The number of anilines is 2. The van der Waals surface area contributed by atoms with Crippen molar-refractivity contribution in [3.63, 3.8) is 0 Å². The van der Waals surface area contributed by atoms with E-state index in [4.69, 9.17) is 4.74 Å². The first kappa shape index (κ1) is 20.8. The van der Waals surface area contributed by atoms with Gasteiger partial charge >= 0.3 is 0 Å². The number of nitrogens with one attached hydrogen (secondary N) is 2. The fraction of sp³-hybridized carbons (Fsp3) is 0.350. The topological polar surface area (TPSA) is 50.4 Å². The molecule has 0 aliphatic carbocycles. The zero-order chi connectivity index (χ0) is 19.3. The lowest BCUT2D eigenvalue weighted by molar-refractivity contribution is -0.118. The van der Waals surface area contributed by atoms with Gasteiger partial charge in [-0.15, -0.1) is 0 Å². The first-order valence-electron chi connectivity index (χ1n) is 8.55. The van der Waals surface area contributed by atoms with Gasteiger partial charge in [-0.1, -0.05) is 29.8 Å². The second-order valence-electron chi connectivity index (χ2n) is 6.62. The van der Waals surface area contributed by atoms with Crippen molar-refractivity contribution >= 4 is 49.1 Å². The number of benzene rings is 2. The SMILES string of the molecule is CC(C)Oc1c(Br)cc(Br)cc1CNc1ccc(NC(=O)C(C)C)cc1. The van der Waals surface area contributed by atoms with E-state index in [2.05, 4.69) is 42.5 Å². The minimum atomic E-state index is -0.0397. The zero-order valence-corrected chi connectivity index (χ0v) is 18.6. The molecule has 4 nitrogen and oxygen atoms in total. The molecule has 26 heavy (non-hydrogen) atoms. The van der Waals surface area contributed by atoms with Gasteiger partial charge in [-0.05, 0) is 66.2 Å². The predicted octanol–water partition coefficient (Wildman–Crippen LogP) is 6.21. The third-order valence-corrected chi connectivity index (χ3v) is 4.65. The third-order valence-electron chi connectivity index (χ3n) is 3.60. The maximum absolute atomic E-state index is 11.7. The molecule has 6 heteroatoms. The molecule has 2 aromatic carbocycles. The summed E-state index contributed by atoms with van der Waals surface area (Å²) in [6.45, 7) is 8.39. The highest BCUT2D eigenvalue weighted by Gasteiger charge is 2.12. The Morgan fingerprint density at radius 2 is 1.65 bits per heavy atom. The van der Waals surface area contributed by atoms with Crippen LogP contribution in [-0.4, -0.2) is 12.0 Å². The van der Waals surface area contributed by atoms with Crippen molar-refractivity contribution in [2.24, 2.45) is 5.92 Å². The first-order valence-corrected chi connectivity index (χ1v) is 10.1. The molecule has 0 saturated carbocycles. The normalized spacial score (nSPS) is 10.9. The molecule has 0 aliphatic heterocycles. The molecular weight excluding hydrogens is 460 g/mol. The fourth-order valence-corrected chi connectivity index (χ4v) is 3.68. The number of rotatable bonds is 7. The molecule has 0 fully saturated rings. The molecule has 0 radical (unpaired) electrons. The third kappa shape index (κ3) is 6.02. The average molecular weight is 484 g/mol. The van der Waals surface area contributed by atoms with Crippen molar-refractivity contribution in [1.29, 1.82) is 0 Å². The number of amides is 1. The van der Waals surface area contributed by atoms with Crippen molar-refractivity contribution in [3.05, 3.63) is 50.9 Å². The van der Waals surface area contributed by atoms with Gasteiger partial charge in [0.05, 0.1) is 10.6 Å². The van der Waals surface area contributed by atoms with Gasteiger partial charge in [0.1, 0.15) is 5.75 Å². The molecule has 0 aromatic heterocycles. The minimum absolute atomic E-state index is 0.0140. The summed E-state index contributed by atoms with van der Waals surface area (Å²) in [6, 6.07) is 11.7. The Hall–Kier alpha value is -1.53. The molecule has 0 bridgehead atoms. The van der Waals surface area contributed by atoms with Gasteiger partial charge < -0.3 is 15.4 Å². The Morgan fingerprint density at radius 3 is 2.23 bits per heavy atom. The summed E-state index contributed by atoms with van der Waals surface area (Å²) in [5.41, 5.74) is 2.82. The Kier molecular flexibility index (Phi) is 7.53. The van der Waals surface area contributed by atoms with E-state index in [1.165, 1.54) is 0 Å². The Bertz CT molecular complexity index is 759. The van der Waals surface area contributed by atoms with Crippen LogP contribution in [0.3, 0.4) is 0 Å². The number of carbonyl (C=O) groups is 1. The highest BCUT2D eigenvalue weighted by Crippen LogP contribution is 2.34. The minimum Gasteiger partial charge on any atom is -0.489 e. The van der Waals surface area contributed by atoms with Gasteiger partial charge in [-0.3, -0.25) is 4.79 Å². The standard InChI is InChI=1S/C20H24Br2N2O2/c1-12(2)20(25)24-17-7-5-16(6-8-17)23-11-14-9-15(21)10-18(22)19(14)26-13(3)4/h5-10,12-13,23H,11H2,1-4H3,(H,24,25). The van der Waals surface area contributed by atoms with Crippen LogP contribution in [0.2, 0.25) is 0 Å². The first-order chi connectivity index (χ1) is 12.3. The summed E-state index contributed by atoms with van der Waals surface area (Å²) >= 11 is 7.10. The van der Waals surface area contributed by atoms with E-state index >= 15 is 0 Å². The number of hydrogen-bond donors (Lipinski definition) is 2. The molecule has 0 aliphatic rings. The molecule has 2 rings (SSSR count). The van der Waals surface area contributed by atoms with Crippen LogP contribution in [0.4, 0.5) is 11.4 Å². The number of ether oxygens (including phenoxy) is 1. The quantitative estimate of drug-likeness (QED) is 0.492. The maximum Gasteiger partial charge on any atom is 0.226 e. The molecule has 0 saturated heterocycles. The van der Waals surface area contributed by atoms with Gasteiger partial charge in [0.15, 0.2) is 0 Å². The molecular formula is C20H24Br2N2O2.